The van der Waals surface area contributed by atoms with E-state index in [0.29, 0.717) is 11.4 Å². The van der Waals surface area contributed by atoms with Gasteiger partial charge in [-0.25, -0.2) is 4.79 Å². The smallest absolute Gasteiger partial charge is 0.331 e. The number of benzene rings is 1. The van der Waals surface area contributed by atoms with Crippen molar-refractivity contribution in [1.29, 1.82) is 0 Å². The van der Waals surface area contributed by atoms with Crippen LogP contribution in [0.4, 0.5) is 5.69 Å². The van der Waals surface area contributed by atoms with Crippen LogP contribution in [0.5, 0.6) is 5.75 Å². The molecule has 26 heavy (non-hydrogen) atoms. The van der Waals surface area contributed by atoms with Crippen molar-refractivity contribution in [2.24, 2.45) is 0 Å². The van der Waals surface area contributed by atoms with Crippen LogP contribution in [-0.4, -0.2) is 17.5 Å². The van der Waals surface area contributed by atoms with Crippen LogP contribution < -0.4 is 10.1 Å². The van der Waals surface area contributed by atoms with Gasteiger partial charge in [-0.05, 0) is 51.1 Å². The van der Waals surface area contributed by atoms with Crippen molar-refractivity contribution < 1.29 is 19.1 Å². The van der Waals surface area contributed by atoms with Crippen molar-refractivity contribution in [1.82, 2.24) is 0 Å². The largest absolute Gasteiger partial charge is 0.457 e. The van der Waals surface area contributed by atoms with E-state index < -0.39 is 11.6 Å². The number of nitrogens with one attached hydrogen (secondary N) is 1. The predicted octanol–water partition coefficient (Wildman–Crippen LogP) is 4.48. The van der Waals surface area contributed by atoms with Crippen LogP contribution in [0.3, 0.4) is 0 Å². The number of fused-ring (bicyclic) bond motifs is 1. The highest BCUT2D eigenvalue weighted by Crippen LogP contribution is 2.31. The number of thiophene rings is 1. The van der Waals surface area contributed by atoms with Gasteiger partial charge >= 0.3 is 5.97 Å². The number of carbonyl (C=O) groups is 2. The first-order chi connectivity index (χ1) is 12.3. The summed E-state index contributed by atoms with van der Waals surface area (Å²) < 4.78 is 10.9. The van der Waals surface area contributed by atoms with Crippen molar-refractivity contribution in [2.75, 3.05) is 5.32 Å². The Balaban J connectivity index is 1.71. The molecule has 0 saturated carbocycles. The standard InChI is InChI=1S/C20H19NO4S/c1-20(2,3)25-18(22)11-10-13-8-9-14(26-13)12-17-19(23)21-15-6-4-5-7-16(15)24-17/h4-12H,1-3H3,(H,21,23)/b11-10+,17-12-. The molecule has 0 radical (unpaired) electrons. The molecule has 1 aliphatic heterocycles. The van der Waals surface area contributed by atoms with E-state index in [1.165, 1.54) is 17.4 Å². The van der Waals surface area contributed by atoms with Crippen molar-refractivity contribution in [2.45, 2.75) is 26.4 Å². The van der Waals surface area contributed by atoms with Gasteiger partial charge in [-0.1, -0.05) is 12.1 Å². The van der Waals surface area contributed by atoms with E-state index >= 15 is 0 Å². The molecule has 0 saturated heterocycles. The summed E-state index contributed by atoms with van der Waals surface area (Å²) in [6.07, 6.45) is 4.77. The lowest BCUT2D eigenvalue weighted by Gasteiger charge is -2.19. The normalized spacial score (nSPS) is 15.5. The highest BCUT2D eigenvalue weighted by molar-refractivity contribution is 7.13. The Labute approximate surface area is 155 Å². The number of hydrogen-bond acceptors (Lipinski definition) is 5. The molecule has 0 unspecified atom stereocenters. The van der Waals surface area contributed by atoms with E-state index in [2.05, 4.69) is 5.32 Å². The monoisotopic (exact) mass is 369 g/mol. The molecule has 1 aromatic heterocycles. The average molecular weight is 369 g/mol. The fraction of sp³-hybridized carbons (Fsp3) is 0.200. The third kappa shape index (κ3) is 4.61. The molecule has 3 rings (SSSR count). The molecule has 0 spiro atoms. The number of anilines is 1. The Morgan fingerprint density at radius 3 is 2.65 bits per heavy atom. The summed E-state index contributed by atoms with van der Waals surface area (Å²) in [6, 6.07) is 11.0. The van der Waals surface area contributed by atoms with Gasteiger partial charge in [0.05, 0.1) is 5.69 Å². The SMILES string of the molecule is CC(C)(C)OC(=O)/C=C/c1ccc(/C=C2\Oc3ccccc3NC2=O)s1. The number of amides is 1. The second-order valence-electron chi connectivity index (χ2n) is 6.67. The molecule has 134 valence electrons. The minimum absolute atomic E-state index is 0.230. The Hall–Kier alpha value is -2.86. The first kappa shape index (κ1) is 17.9. The molecule has 2 heterocycles. The number of ether oxygens (including phenoxy) is 2. The van der Waals surface area contributed by atoms with Crippen molar-refractivity contribution in [3.63, 3.8) is 0 Å². The fourth-order valence-electron chi connectivity index (χ4n) is 2.25. The molecule has 5 nitrogen and oxygen atoms in total. The van der Waals surface area contributed by atoms with Crippen molar-refractivity contribution in [3.8, 4) is 5.75 Å². The molecule has 0 bridgehead atoms. The van der Waals surface area contributed by atoms with Crippen LogP contribution in [0, 0.1) is 0 Å². The zero-order valence-electron chi connectivity index (χ0n) is 14.7. The summed E-state index contributed by atoms with van der Waals surface area (Å²) in [7, 11) is 0. The summed E-state index contributed by atoms with van der Waals surface area (Å²) >= 11 is 1.44. The molecule has 0 atom stereocenters. The minimum atomic E-state index is -0.519. The molecule has 0 aliphatic carbocycles. The van der Waals surface area contributed by atoms with Gasteiger partial charge in [-0.3, -0.25) is 4.79 Å². The summed E-state index contributed by atoms with van der Waals surface area (Å²) in [5, 5.41) is 2.80. The molecule has 0 fully saturated rings. The van der Waals surface area contributed by atoms with Crippen LogP contribution in [0.1, 0.15) is 30.5 Å². The third-order valence-corrected chi connectivity index (χ3v) is 4.29. The van der Waals surface area contributed by atoms with E-state index in [1.54, 1.807) is 24.3 Å². The number of hydrogen-bond donors (Lipinski definition) is 1. The van der Waals surface area contributed by atoms with Gasteiger partial charge in [0, 0.05) is 21.9 Å². The Kier molecular flexibility index (Phi) is 4.95. The maximum Gasteiger partial charge on any atom is 0.331 e. The van der Waals surface area contributed by atoms with E-state index in [0.717, 1.165) is 9.75 Å². The Morgan fingerprint density at radius 2 is 1.88 bits per heavy atom. The summed E-state index contributed by atoms with van der Waals surface area (Å²) in [6.45, 7) is 5.46. The van der Waals surface area contributed by atoms with E-state index in [-0.39, 0.29) is 11.7 Å². The summed E-state index contributed by atoms with van der Waals surface area (Å²) in [4.78, 5) is 25.6. The summed E-state index contributed by atoms with van der Waals surface area (Å²) in [5.74, 6) is 0.161. The fourth-order valence-corrected chi connectivity index (χ4v) is 3.10. The second-order valence-corrected chi connectivity index (χ2v) is 7.81. The first-order valence-electron chi connectivity index (χ1n) is 8.11. The Bertz CT molecular complexity index is 903. The van der Waals surface area contributed by atoms with E-state index in [4.69, 9.17) is 9.47 Å². The topological polar surface area (TPSA) is 64.6 Å². The van der Waals surface area contributed by atoms with Crippen LogP contribution in [-0.2, 0) is 14.3 Å². The van der Waals surface area contributed by atoms with Crippen molar-refractivity contribution in [3.05, 3.63) is 58.0 Å². The van der Waals surface area contributed by atoms with Crippen molar-refractivity contribution >= 4 is 41.1 Å². The minimum Gasteiger partial charge on any atom is -0.457 e. The highest BCUT2D eigenvalue weighted by atomic mass is 32.1. The predicted molar refractivity (Wildman–Crippen MR) is 103 cm³/mol. The lowest BCUT2D eigenvalue weighted by Crippen LogP contribution is -2.23. The van der Waals surface area contributed by atoms with Gasteiger partial charge in [-0.15, -0.1) is 11.3 Å². The highest BCUT2D eigenvalue weighted by Gasteiger charge is 2.21. The molecular formula is C20H19NO4S. The van der Waals surface area contributed by atoms with E-state index in [1.807, 2.05) is 45.0 Å². The van der Waals surface area contributed by atoms with Crippen LogP contribution in [0.25, 0.3) is 12.2 Å². The van der Waals surface area contributed by atoms with Gasteiger partial charge < -0.3 is 14.8 Å². The quantitative estimate of drug-likeness (QED) is 0.640. The Morgan fingerprint density at radius 1 is 1.15 bits per heavy atom. The summed E-state index contributed by atoms with van der Waals surface area (Å²) in [5.41, 5.74) is 0.135. The lowest BCUT2D eigenvalue weighted by atomic mass is 10.2. The number of para-hydroxylation sites is 2. The zero-order valence-corrected chi connectivity index (χ0v) is 15.6. The molecule has 2 aromatic rings. The number of carbonyl (C=O) groups excluding carboxylic acids is 2. The van der Waals surface area contributed by atoms with E-state index in [9.17, 15) is 9.59 Å². The van der Waals surface area contributed by atoms with Gasteiger partial charge in [-0.2, -0.15) is 0 Å². The molecular weight excluding hydrogens is 350 g/mol. The average Bonchev–Trinajstić information content (AvgIpc) is 3.00. The number of rotatable bonds is 3. The first-order valence-corrected chi connectivity index (χ1v) is 8.93. The van der Waals surface area contributed by atoms with Gasteiger partial charge in [0.2, 0.25) is 0 Å². The molecule has 1 aliphatic rings. The second kappa shape index (κ2) is 7.17. The zero-order chi connectivity index (χ0) is 18.7. The lowest BCUT2D eigenvalue weighted by molar-refractivity contribution is -0.148. The molecule has 1 amide bonds. The molecule has 1 N–H and O–H groups in total. The van der Waals surface area contributed by atoms with Crippen LogP contribution >= 0.6 is 11.3 Å². The molecule has 6 heteroatoms. The van der Waals surface area contributed by atoms with Gasteiger partial charge in [0.15, 0.2) is 11.5 Å². The van der Waals surface area contributed by atoms with Crippen LogP contribution in [0.15, 0.2) is 48.2 Å². The maximum atomic E-state index is 12.1. The maximum absolute atomic E-state index is 12.1. The number of esters is 1. The molecule has 1 aromatic carbocycles. The third-order valence-electron chi connectivity index (χ3n) is 3.29. The van der Waals surface area contributed by atoms with Crippen LogP contribution in [0.2, 0.25) is 0 Å². The van der Waals surface area contributed by atoms with Gasteiger partial charge in [0.25, 0.3) is 5.91 Å². The van der Waals surface area contributed by atoms with Gasteiger partial charge in [0.1, 0.15) is 5.60 Å².